The molecular weight excluding hydrogens is 634 g/mol. The largest absolute Gasteiger partial charge is 0.494 e. The second-order valence-corrected chi connectivity index (χ2v) is 11.5. The zero-order valence-electron chi connectivity index (χ0n) is 29.3. The minimum atomic E-state index is -2.81. The zero-order chi connectivity index (χ0) is 35.6. The van der Waals surface area contributed by atoms with Crippen molar-refractivity contribution in [2.75, 3.05) is 27.4 Å². The highest BCUT2D eigenvalue weighted by Crippen LogP contribution is 2.35. The molecule has 4 heterocycles. The summed E-state index contributed by atoms with van der Waals surface area (Å²) in [7, 11) is 3.27. The average Bonchev–Trinajstić information content (AvgIpc) is 3.57. The maximum absolute atomic E-state index is 13.6. The number of nitrogens with one attached hydrogen (secondary N) is 4. The van der Waals surface area contributed by atoms with Crippen LogP contribution >= 0.6 is 11.8 Å². The minimum Gasteiger partial charge on any atom is -0.494 e. The molecule has 0 radical (unpaired) electrons. The van der Waals surface area contributed by atoms with Crippen molar-refractivity contribution in [1.82, 2.24) is 31.5 Å². The molecule has 2 aliphatic rings. The van der Waals surface area contributed by atoms with Gasteiger partial charge in [0.15, 0.2) is 0 Å². The normalized spacial score (nSPS) is 17.2. The second-order valence-electron chi connectivity index (χ2n) is 10.3. The highest BCUT2D eigenvalue weighted by Gasteiger charge is 2.27. The van der Waals surface area contributed by atoms with Gasteiger partial charge in [0.25, 0.3) is 12.3 Å². The highest BCUT2D eigenvalue weighted by molar-refractivity contribution is 8.00. The number of halogens is 2. The third-order valence-electron chi connectivity index (χ3n) is 6.91. The van der Waals surface area contributed by atoms with Gasteiger partial charge >= 0.3 is 0 Å². The number of rotatable bonds is 7. The number of ether oxygens (including phenoxy) is 2. The summed E-state index contributed by atoms with van der Waals surface area (Å²) >= 11 is 1.38. The maximum atomic E-state index is 13.6. The number of carbonyl (C=O) groups excluding carboxylic acids is 1. The Morgan fingerprint density at radius 1 is 1.06 bits per heavy atom. The molecule has 4 rings (SSSR count). The van der Waals surface area contributed by atoms with Gasteiger partial charge in [-0.2, -0.15) is 0 Å². The number of hydrogen-bond donors (Lipinski definition) is 4. The van der Waals surface area contributed by atoms with Gasteiger partial charge in [-0.1, -0.05) is 62.8 Å². The molecule has 0 aromatic carbocycles. The molecule has 260 valence electrons. The fraction of sp³-hybridized carbons (Fsp3) is 0.472. The number of thioether (sulfide) groups is 1. The van der Waals surface area contributed by atoms with Gasteiger partial charge in [0.2, 0.25) is 0 Å². The van der Waals surface area contributed by atoms with Gasteiger partial charge in [-0.25, -0.2) is 24.6 Å². The molecule has 2 aliphatic heterocycles. The Balaban J connectivity index is 0.00000193. The van der Waals surface area contributed by atoms with Crippen molar-refractivity contribution in [3.63, 3.8) is 0 Å². The van der Waals surface area contributed by atoms with Crippen LogP contribution in [0.3, 0.4) is 0 Å². The second kappa shape index (κ2) is 21.1. The minimum absolute atomic E-state index is 0.169. The Labute approximate surface area is 288 Å². The van der Waals surface area contributed by atoms with E-state index < -0.39 is 23.5 Å². The molecule has 2 aromatic heterocycles. The Morgan fingerprint density at radius 3 is 2.40 bits per heavy atom. The molecule has 0 spiro atoms. The maximum Gasteiger partial charge on any atom is 0.280 e. The van der Waals surface area contributed by atoms with Crippen molar-refractivity contribution in [3.8, 4) is 40.6 Å². The van der Waals surface area contributed by atoms with E-state index in [1.165, 1.54) is 37.3 Å². The number of hydrazine groups is 1. The van der Waals surface area contributed by atoms with E-state index in [1.54, 1.807) is 6.07 Å². The Morgan fingerprint density at radius 2 is 1.77 bits per heavy atom. The van der Waals surface area contributed by atoms with Crippen molar-refractivity contribution in [2.24, 2.45) is 5.92 Å². The van der Waals surface area contributed by atoms with E-state index in [-0.39, 0.29) is 28.2 Å². The first-order chi connectivity index (χ1) is 23.2. The van der Waals surface area contributed by atoms with Gasteiger partial charge in [-0.3, -0.25) is 9.78 Å². The summed E-state index contributed by atoms with van der Waals surface area (Å²) in [6.45, 7) is 15.3. The third kappa shape index (κ3) is 11.9. The number of methoxy groups -OCH3 is 1. The van der Waals surface area contributed by atoms with E-state index in [2.05, 4.69) is 55.1 Å². The zero-order valence-corrected chi connectivity index (χ0v) is 30.1. The number of aromatic nitrogens is 2. The molecule has 2 saturated heterocycles. The summed E-state index contributed by atoms with van der Waals surface area (Å²) in [6.07, 6.45) is 3.45. The third-order valence-corrected chi connectivity index (χ3v) is 7.92. The Bertz CT molecular complexity index is 1550. The van der Waals surface area contributed by atoms with E-state index in [0.717, 1.165) is 29.7 Å². The number of hydrogen-bond acceptors (Lipinski definition) is 9. The van der Waals surface area contributed by atoms with Crippen LogP contribution in [0.4, 0.5) is 8.78 Å². The Kier molecular flexibility index (Phi) is 17.7. The van der Waals surface area contributed by atoms with Crippen LogP contribution in [-0.4, -0.2) is 54.1 Å². The van der Waals surface area contributed by atoms with E-state index in [1.807, 2.05) is 61.6 Å². The van der Waals surface area contributed by atoms with Gasteiger partial charge < -0.3 is 20.1 Å². The molecule has 12 heteroatoms. The summed E-state index contributed by atoms with van der Waals surface area (Å²) in [6, 6.07) is 2.85. The molecule has 48 heavy (non-hydrogen) atoms. The molecule has 2 unspecified atom stereocenters. The molecule has 0 saturated carbocycles. The molecule has 1 amide bonds. The van der Waals surface area contributed by atoms with E-state index in [4.69, 9.17) is 9.47 Å². The average molecular weight is 683 g/mol. The number of alkyl halides is 2. The van der Waals surface area contributed by atoms with Crippen LogP contribution < -0.4 is 26.2 Å². The van der Waals surface area contributed by atoms with Crippen LogP contribution in [0.1, 0.15) is 89.5 Å². The predicted molar refractivity (Wildman–Crippen MR) is 190 cm³/mol. The summed E-state index contributed by atoms with van der Waals surface area (Å²) in [4.78, 5) is 21.8. The summed E-state index contributed by atoms with van der Waals surface area (Å²) < 4.78 is 38.1. The lowest BCUT2D eigenvalue weighted by molar-refractivity contribution is 0.0807. The SMILES string of the molecule is CC.CC.CN/C(C)=C\C(C#CC1NNC(NC(=O)c2cnc(C#CC3CCOCC3)cc2-c2cc(C(F)F)ncc2OC)S1)=C(C)C. The van der Waals surface area contributed by atoms with Crippen LogP contribution in [0.2, 0.25) is 0 Å². The van der Waals surface area contributed by atoms with E-state index in [9.17, 15) is 13.6 Å². The number of nitrogens with zero attached hydrogens (tertiary/aromatic N) is 2. The van der Waals surface area contributed by atoms with Gasteiger partial charge in [0, 0.05) is 54.8 Å². The molecule has 0 bridgehead atoms. The molecule has 0 aliphatic carbocycles. The lowest BCUT2D eigenvalue weighted by Crippen LogP contribution is -2.43. The molecular formula is C36H48F2N6O3S. The molecule has 2 atom stereocenters. The van der Waals surface area contributed by atoms with Crippen LogP contribution in [0.5, 0.6) is 5.75 Å². The number of pyridine rings is 2. The lowest BCUT2D eigenvalue weighted by Gasteiger charge is -2.17. The number of allylic oxidation sites excluding steroid dienone is 4. The molecule has 2 fully saturated rings. The monoisotopic (exact) mass is 682 g/mol. The topological polar surface area (TPSA) is 109 Å². The molecule has 2 aromatic rings. The molecule has 4 N–H and O–H groups in total. The van der Waals surface area contributed by atoms with Gasteiger partial charge in [0.1, 0.15) is 28.0 Å². The molecule has 9 nitrogen and oxygen atoms in total. The fourth-order valence-electron chi connectivity index (χ4n) is 4.33. The number of carbonyl (C=O) groups is 1. The van der Waals surface area contributed by atoms with Gasteiger partial charge in [0.05, 0.1) is 18.9 Å². The first-order valence-electron chi connectivity index (χ1n) is 16.1. The smallest absolute Gasteiger partial charge is 0.280 e. The highest BCUT2D eigenvalue weighted by atomic mass is 32.2. The summed E-state index contributed by atoms with van der Waals surface area (Å²) in [5.41, 5.74) is 9.33. The van der Waals surface area contributed by atoms with Crippen LogP contribution in [0.15, 0.2) is 47.4 Å². The van der Waals surface area contributed by atoms with Gasteiger partial charge in [-0.05, 0) is 57.7 Å². The lowest BCUT2D eigenvalue weighted by atomic mass is 9.98. The van der Waals surface area contributed by atoms with Crippen molar-refractivity contribution in [3.05, 3.63) is 64.4 Å². The fourth-order valence-corrected chi connectivity index (χ4v) is 5.17. The van der Waals surface area contributed by atoms with Crippen molar-refractivity contribution in [2.45, 2.75) is 78.6 Å². The number of amides is 1. The summed E-state index contributed by atoms with van der Waals surface area (Å²) in [5, 5.41) is 5.71. The van der Waals surface area contributed by atoms with Crippen molar-refractivity contribution in [1.29, 1.82) is 0 Å². The van der Waals surface area contributed by atoms with Crippen molar-refractivity contribution >= 4 is 17.7 Å². The summed E-state index contributed by atoms with van der Waals surface area (Å²) in [5.74, 6) is 12.6. The van der Waals surface area contributed by atoms with Crippen LogP contribution in [-0.2, 0) is 4.74 Å². The first-order valence-corrected chi connectivity index (χ1v) is 17.1. The standard InChI is InChI=1S/C32H36F2N6O3S.2C2H6/c1-19(2)22(14-20(3)35-4)7-9-29-39-40-32(44-29)38-31(41)26-17-36-23(8-6-21-10-12-43-13-11-21)15-24(26)25-16-27(30(33)34)37-18-28(25)42-5;2*1-2/h14-18,21,29-30,32,35,39-40H,10-13H2,1-5H3,(H,38,41);2*1-2H3/b20-14-;;. The van der Waals surface area contributed by atoms with Crippen molar-refractivity contribution < 1.29 is 23.0 Å². The quantitative estimate of drug-likeness (QED) is 0.191. The van der Waals surface area contributed by atoms with Crippen LogP contribution in [0, 0.1) is 29.6 Å². The van der Waals surface area contributed by atoms with E-state index >= 15 is 0 Å². The predicted octanol–water partition coefficient (Wildman–Crippen LogP) is 6.56. The Hall–Kier alpha value is -3.94. The van der Waals surface area contributed by atoms with Gasteiger partial charge in [-0.15, -0.1) is 0 Å². The van der Waals surface area contributed by atoms with E-state index in [0.29, 0.717) is 24.5 Å². The first kappa shape index (κ1) is 40.2. The van der Waals surface area contributed by atoms with Crippen LogP contribution in [0.25, 0.3) is 11.1 Å².